The lowest BCUT2D eigenvalue weighted by atomic mass is 10.2. The van der Waals surface area contributed by atoms with Gasteiger partial charge in [0, 0.05) is 26.2 Å². The third-order valence-electron chi connectivity index (χ3n) is 3.01. The molecule has 6 heteroatoms. The highest BCUT2D eigenvalue weighted by atomic mass is 19.2. The van der Waals surface area contributed by atoms with Crippen LogP contribution in [0, 0.1) is 11.6 Å². The molecule has 0 spiro atoms. The fourth-order valence-corrected chi connectivity index (χ4v) is 1.93. The molecule has 0 radical (unpaired) electrons. The normalized spacial score (nSPS) is 16.3. The second-order valence-electron chi connectivity index (χ2n) is 4.31. The van der Waals surface area contributed by atoms with Crippen LogP contribution in [-0.2, 0) is 4.74 Å². The van der Waals surface area contributed by atoms with Gasteiger partial charge < -0.3 is 10.1 Å². The van der Waals surface area contributed by atoms with Gasteiger partial charge in [-0.3, -0.25) is 9.69 Å². The number of carbonyl (C=O) groups is 1. The van der Waals surface area contributed by atoms with Gasteiger partial charge in [0.15, 0.2) is 11.6 Å². The number of hydrogen-bond acceptors (Lipinski definition) is 3. The molecule has 2 rings (SSSR count). The Bertz CT molecular complexity index is 448. The summed E-state index contributed by atoms with van der Waals surface area (Å²) in [6, 6.07) is 3.57. The molecule has 1 aliphatic heterocycles. The molecule has 4 nitrogen and oxygen atoms in total. The summed E-state index contributed by atoms with van der Waals surface area (Å²) >= 11 is 0. The van der Waals surface area contributed by atoms with E-state index in [1.807, 2.05) is 0 Å². The highest BCUT2D eigenvalue weighted by Gasteiger charge is 2.15. The number of morpholine rings is 1. The van der Waals surface area contributed by atoms with Gasteiger partial charge in [0.1, 0.15) is 0 Å². The highest BCUT2D eigenvalue weighted by molar-refractivity contribution is 5.94. The molecule has 0 atom stereocenters. The van der Waals surface area contributed by atoms with E-state index in [2.05, 4.69) is 10.2 Å². The van der Waals surface area contributed by atoms with E-state index in [9.17, 15) is 13.6 Å². The number of rotatable bonds is 4. The minimum atomic E-state index is -1.11. The molecule has 19 heavy (non-hydrogen) atoms. The molecule has 1 amide bonds. The van der Waals surface area contributed by atoms with Crippen LogP contribution in [0.25, 0.3) is 0 Å². The standard InChI is InChI=1S/C13H16F2N2O2/c14-11-3-1-2-10(12(11)15)13(18)16-4-5-17-6-8-19-9-7-17/h1-3H,4-9H2,(H,16,18). The first kappa shape index (κ1) is 13.9. The van der Waals surface area contributed by atoms with Gasteiger partial charge in [-0.05, 0) is 12.1 Å². The van der Waals surface area contributed by atoms with E-state index in [4.69, 9.17) is 4.74 Å². The summed E-state index contributed by atoms with van der Waals surface area (Å²) in [5, 5.41) is 2.59. The van der Waals surface area contributed by atoms with Crippen LogP contribution in [0.1, 0.15) is 10.4 Å². The smallest absolute Gasteiger partial charge is 0.254 e. The summed E-state index contributed by atoms with van der Waals surface area (Å²) in [6.07, 6.45) is 0. The van der Waals surface area contributed by atoms with Crippen LogP contribution in [0.4, 0.5) is 8.78 Å². The molecular formula is C13H16F2N2O2. The van der Waals surface area contributed by atoms with E-state index in [0.717, 1.165) is 19.2 Å². The van der Waals surface area contributed by atoms with E-state index in [0.29, 0.717) is 26.3 Å². The van der Waals surface area contributed by atoms with Gasteiger partial charge in [-0.25, -0.2) is 8.78 Å². The maximum Gasteiger partial charge on any atom is 0.254 e. The molecule has 1 N–H and O–H groups in total. The molecule has 104 valence electrons. The molecule has 0 aliphatic carbocycles. The number of ether oxygens (including phenoxy) is 1. The predicted molar refractivity (Wildman–Crippen MR) is 66.0 cm³/mol. The van der Waals surface area contributed by atoms with Crippen LogP contribution in [0.5, 0.6) is 0 Å². The number of nitrogens with one attached hydrogen (secondary N) is 1. The van der Waals surface area contributed by atoms with Crippen molar-refractivity contribution in [2.24, 2.45) is 0 Å². The molecule has 1 aromatic carbocycles. The van der Waals surface area contributed by atoms with Gasteiger partial charge in [-0.2, -0.15) is 0 Å². The van der Waals surface area contributed by atoms with Crippen molar-refractivity contribution in [3.05, 3.63) is 35.4 Å². The SMILES string of the molecule is O=C(NCCN1CCOCC1)c1cccc(F)c1F. The topological polar surface area (TPSA) is 41.6 Å². The fourth-order valence-electron chi connectivity index (χ4n) is 1.93. The average Bonchev–Trinajstić information content (AvgIpc) is 2.43. The molecule has 0 unspecified atom stereocenters. The highest BCUT2D eigenvalue weighted by Crippen LogP contribution is 2.10. The van der Waals surface area contributed by atoms with E-state index in [-0.39, 0.29) is 5.56 Å². The largest absolute Gasteiger partial charge is 0.379 e. The number of carbonyl (C=O) groups excluding carboxylic acids is 1. The van der Waals surface area contributed by atoms with Gasteiger partial charge in [-0.15, -0.1) is 0 Å². The lowest BCUT2D eigenvalue weighted by Crippen LogP contribution is -2.41. The van der Waals surface area contributed by atoms with Crippen molar-refractivity contribution in [3.63, 3.8) is 0 Å². The maximum absolute atomic E-state index is 13.4. The molecule has 1 saturated heterocycles. The molecule has 0 saturated carbocycles. The van der Waals surface area contributed by atoms with Crippen molar-refractivity contribution < 1.29 is 18.3 Å². The Morgan fingerprint density at radius 3 is 2.79 bits per heavy atom. The number of benzene rings is 1. The van der Waals surface area contributed by atoms with Crippen LogP contribution in [0.2, 0.25) is 0 Å². The number of amides is 1. The lowest BCUT2D eigenvalue weighted by molar-refractivity contribution is 0.0383. The van der Waals surface area contributed by atoms with E-state index in [1.165, 1.54) is 12.1 Å². The lowest BCUT2D eigenvalue weighted by Gasteiger charge is -2.26. The van der Waals surface area contributed by atoms with Gasteiger partial charge in [0.2, 0.25) is 0 Å². The summed E-state index contributed by atoms with van der Waals surface area (Å²) in [7, 11) is 0. The second kappa shape index (κ2) is 6.58. The van der Waals surface area contributed by atoms with Crippen molar-refractivity contribution in [1.29, 1.82) is 0 Å². The first-order valence-corrected chi connectivity index (χ1v) is 6.21. The third kappa shape index (κ3) is 3.71. The molecular weight excluding hydrogens is 254 g/mol. The Hall–Kier alpha value is -1.53. The Morgan fingerprint density at radius 2 is 2.05 bits per heavy atom. The fraction of sp³-hybridized carbons (Fsp3) is 0.462. The van der Waals surface area contributed by atoms with E-state index < -0.39 is 17.5 Å². The predicted octanol–water partition coefficient (Wildman–Crippen LogP) is 1.03. The molecule has 0 aromatic heterocycles. The van der Waals surface area contributed by atoms with Crippen molar-refractivity contribution >= 4 is 5.91 Å². The van der Waals surface area contributed by atoms with E-state index >= 15 is 0 Å². The Balaban J connectivity index is 1.82. The van der Waals surface area contributed by atoms with Gasteiger partial charge >= 0.3 is 0 Å². The second-order valence-corrected chi connectivity index (χ2v) is 4.31. The maximum atomic E-state index is 13.4. The Morgan fingerprint density at radius 1 is 1.32 bits per heavy atom. The Labute approximate surface area is 110 Å². The molecule has 1 heterocycles. The monoisotopic (exact) mass is 270 g/mol. The first-order chi connectivity index (χ1) is 9.18. The van der Waals surface area contributed by atoms with Gasteiger partial charge in [0.05, 0.1) is 18.8 Å². The number of nitrogens with zero attached hydrogens (tertiary/aromatic N) is 1. The van der Waals surface area contributed by atoms with Crippen molar-refractivity contribution in [1.82, 2.24) is 10.2 Å². The van der Waals surface area contributed by atoms with Gasteiger partial charge in [-0.1, -0.05) is 6.07 Å². The van der Waals surface area contributed by atoms with Crippen molar-refractivity contribution in [3.8, 4) is 0 Å². The summed E-state index contributed by atoms with van der Waals surface area (Å²) in [5.74, 6) is -2.71. The third-order valence-corrected chi connectivity index (χ3v) is 3.01. The zero-order chi connectivity index (χ0) is 13.7. The zero-order valence-corrected chi connectivity index (χ0v) is 10.5. The van der Waals surface area contributed by atoms with Crippen LogP contribution in [-0.4, -0.2) is 50.2 Å². The van der Waals surface area contributed by atoms with Crippen LogP contribution >= 0.6 is 0 Å². The minimum Gasteiger partial charge on any atom is -0.379 e. The zero-order valence-electron chi connectivity index (χ0n) is 10.5. The summed E-state index contributed by atoms with van der Waals surface area (Å²) in [4.78, 5) is 13.8. The number of halogens is 2. The van der Waals surface area contributed by atoms with Crippen LogP contribution < -0.4 is 5.32 Å². The first-order valence-electron chi connectivity index (χ1n) is 6.21. The molecule has 1 fully saturated rings. The summed E-state index contributed by atoms with van der Waals surface area (Å²) in [6.45, 7) is 4.09. The average molecular weight is 270 g/mol. The van der Waals surface area contributed by atoms with Gasteiger partial charge in [0.25, 0.3) is 5.91 Å². The Kier molecular flexibility index (Phi) is 4.81. The quantitative estimate of drug-likeness (QED) is 0.888. The minimum absolute atomic E-state index is 0.262. The number of hydrogen-bond donors (Lipinski definition) is 1. The van der Waals surface area contributed by atoms with Crippen molar-refractivity contribution in [2.75, 3.05) is 39.4 Å². The molecule has 1 aliphatic rings. The summed E-state index contributed by atoms with van der Waals surface area (Å²) < 4.78 is 31.6. The molecule has 0 bridgehead atoms. The molecule has 1 aromatic rings. The van der Waals surface area contributed by atoms with Crippen molar-refractivity contribution in [2.45, 2.75) is 0 Å². The van der Waals surface area contributed by atoms with E-state index in [1.54, 1.807) is 0 Å². The van der Waals surface area contributed by atoms with Crippen LogP contribution in [0.3, 0.4) is 0 Å². The van der Waals surface area contributed by atoms with Crippen LogP contribution in [0.15, 0.2) is 18.2 Å². The summed E-state index contributed by atoms with van der Waals surface area (Å²) in [5.41, 5.74) is -0.262.